The molecular weight excluding hydrogens is 562 g/mol. The molecule has 0 spiro atoms. The smallest absolute Gasteiger partial charge is 0.304 e. The van der Waals surface area contributed by atoms with E-state index in [1.807, 2.05) is 30.4 Å². The number of halogens is 1. The first kappa shape index (κ1) is 28.5. The van der Waals surface area contributed by atoms with Crippen LogP contribution in [0, 0.1) is 11.8 Å². The Bertz CT molecular complexity index is 1430. The molecule has 4 aliphatic rings. The normalized spacial score (nSPS) is 29.4. The standard InChI is InChI=1S/C31H38ClN3O5S/c32-25-12-9-24-20-40-30-14-11-22-18-28(30)34(15-2-1-5-21(24)17-25)19-23-10-13-27(23)29(36)8-3-6-26-7-4-16-35(26)41(38,39)33-31(22)37/h3,8-9,11-12,14,17-18,23,26-27,29,36H,1-2,4-7,10,13,15-16,19-20H2,(H,33,37)/b8-3+/t23-,26-,27+,29-/m0/s1. The van der Waals surface area contributed by atoms with Gasteiger partial charge in [-0.05, 0) is 105 Å². The second kappa shape index (κ2) is 12.0. The lowest BCUT2D eigenvalue weighted by Gasteiger charge is -2.42. The summed E-state index contributed by atoms with van der Waals surface area (Å²) in [7, 11) is -4.03. The van der Waals surface area contributed by atoms with Crippen molar-refractivity contribution in [2.75, 3.05) is 24.5 Å². The number of aryl methyl sites for hydroxylation is 1. The van der Waals surface area contributed by atoms with Gasteiger partial charge < -0.3 is 14.7 Å². The summed E-state index contributed by atoms with van der Waals surface area (Å²) >= 11 is 6.30. The first-order chi connectivity index (χ1) is 19.8. The number of benzene rings is 2. The fourth-order valence-corrected chi connectivity index (χ4v) is 8.36. The molecule has 41 heavy (non-hydrogen) atoms. The Morgan fingerprint density at radius 2 is 1.88 bits per heavy atom. The molecule has 8 nitrogen and oxygen atoms in total. The van der Waals surface area contributed by atoms with Gasteiger partial charge in [-0.1, -0.05) is 29.8 Å². The SMILES string of the molecule is O=C1NS(=O)(=O)N2CCC[C@@H]2C/C=C/[C@H](O)[C@@H]2CC[C@H]2CN2CCCCc3cc(Cl)ccc3COc3ccc1cc32. The van der Waals surface area contributed by atoms with Crippen molar-refractivity contribution in [3.05, 3.63) is 70.3 Å². The summed E-state index contributed by atoms with van der Waals surface area (Å²) in [6.07, 6.45) is 9.92. The van der Waals surface area contributed by atoms with Crippen molar-refractivity contribution in [3.63, 3.8) is 0 Å². The highest BCUT2D eigenvalue weighted by molar-refractivity contribution is 7.87. The third-order valence-corrected chi connectivity index (χ3v) is 11.0. The molecule has 2 aromatic carbocycles. The van der Waals surface area contributed by atoms with Gasteiger partial charge in [0, 0.05) is 36.3 Å². The first-order valence-corrected chi connectivity index (χ1v) is 16.6. The van der Waals surface area contributed by atoms with E-state index in [9.17, 15) is 18.3 Å². The molecule has 220 valence electrons. The number of nitrogens with zero attached hydrogens (tertiary/aromatic N) is 2. The molecule has 3 aliphatic heterocycles. The monoisotopic (exact) mass is 599 g/mol. The zero-order valence-corrected chi connectivity index (χ0v) is 24.7. The van der Waals surface area contributed by atoms with Gasteiger partial charge in [-0.15, -0.1) is 0 Å². The second-order valence-electron chi connectivity index (χ2n) is 11.8. The number of carbonyl (C=O) groups is 1. The third-order valence-electron chi connectivity index (χ3n) is 9.20. The Kier molecular flexibility index (Phi) is 8.32. The highest BCUT2D eigenvalue weighted by Crippen LogP contribution is 2.41. The van der Waals surface area contributed by atoms with Crippen molar-refractivity contribution < 1.29 is 23.1 Å². The average molecular weight is 600 g/mol. The van der Waals surface area contributed by atoms with Crippen molar-refractivity contribution in [2.24, 2.45) is 11.8 Å². The van der Waals surface area contributed by atoms with Crippen molar-refractivity contribution in [3.8, 4) is 5.75 Å². The number of fused-ring (bicyclic) bond motifs is 4. The van der Waals surface area contributed by atoms with E-state index >= 15 is 0 Å². The Labute approximate surface area is 247 Å². The molecule has 2 aromatic rings. The minimum absolute atomic E-state index is 0.142. The maximum Gasteiger partial charge on any atom is 0.304 e. The largest absolute Gasteiger partial charge is 0.487 e. The average Bonchev–Trinajstić information content (AvgIpc) is 3.39. The number of hydrogen-bond acceptors (Lipinski definition) is 6. The van der Waals surface area contributed by atoms with E-state index < -0.39 is 22.2 Å². The summed E-state index contributed by atoms with van der Waals surface area (Å²) in [5, 5.41) is 11.8. The third kappa shape index (κ3) is 6.14. The van der Waals surface area contributed by atoms with Crippen LogP contribution in [0.2, 0.25) is 5.02 Å². The quantitative estimate of drug-likeness (QED) is 0.420. The van der Waals surface area contributed by atoms with Gasteiger partial charge in [0.15, 0.2) is 0 Å². The number of hydrogen-bond donors (Lipinski definition) is 2. The number of ether oxygens (including phenoxy) is 1. The number of anilines is 1. The van der Waals surface area contributed by atoms with Crippen LogP contribution in [-0.4, -0.2) is 55.5 Å². The molecule has 2 fully saturated rings. The van der Waals surface area contributed by atoms with Crippen LogP contribution in [0.5, 0.6) is 5.75 Å². The van der Waals surface area contributed by atoms with E-state index in [2.05, 4.69) is 9.62 Å². The molecule has 0 aromatic heterocycles. The van der Waals surface area contributed by atoms with Gasteiger partial charge in [0.05, 0.1) is 11.8 Å². The molecule has 0 radical (unpaired) electrons. The van der Waals surface area contributed by atoms with E-state index in [-0.39, 0.29) is 17.5 Å². The summed E-state index contributed by atoms with van der Waals surface area (Å²) in [5.74, 6) is 0.442. The van der Waals surface area contributed by atoms with Crippen LogP contribution in [0.3, 0.4) is 0 Å². The number of carbonyl (C=O) groups excluding carboxylic acids is 1. The van der Waals surface area contributed by atoms with Gasteiger partial charge in [0.25, 0.3) is 5.91 Å². The first-order valence-electron chi connectivity index (χ1n) is 14.8. The van der Waals surface area contributed by atoms with Crippen LogP contribution < -0.4 is 14.4 Å². The lowest BCUT2D eigenvalue weighted by Crippen LogP contribution is -2.46. The van der Waals surface area contributed by atoms with E-state index in [1.165, 1.54) is 9.87 Å². The minimum atomic E-state index is -4.03. The zero-order valence-electron chi connectivity index (χ0n) is 23.2. The summed E-state index contributed by atoms with van der Waals surface area (Å²) in [6, 6.07) is 10.8. The molecule has 3 heterocycles. The van der Waals surface area contributed by atoms with Gasteiger partial charge >= 0.3 is 10.2 Å². The van der Waals surface area contributed by atoms with Gasteiger partial charge in [0.1, 0.15) is 12.4 Å². The summed E-state index contributed by atoms with van der Waals surface area (Å²) in [6.45, 7) is 2.21. The fraction of sp³-hybridized carbons (Fsp3) is 0.516. The Balaban J connectivity index is 1.38. The topological polar surface area (TPSA) is 99.2 Å². The van der Waals surface area contributed by atoms with Crippen LogP contribution in [-0.2, 0) is 23.2 Å². The number of aliphatic hydroxyl groups is 1. The lowest BCUT2D eigenvalue weighted by molar-refractivity contribution is 0.0461. The molecule has 4 atom stereocenters. The number of amides is 1. The maximum absolute atomic E-state index is 13.4. The Morgan fingerprint density at radius 3 is 2.71 bits per heavy atom. The van der Waals surface area contributed by atoms with Crippen molar-refractivity contribution >= 4 is 33.4 Å². The molecule has 6 rings (SSSR count). The van der Waals surface area contributed by atoms with Crippen molar-refractivity contribution in [1.82, 2.24) is 9.03 Å². The summed E-state index contributed by atoms with van der Waals surface area (Å²) in [5.41, 5.74) is 3.30. The zero-order chi connectivity index (χ0) is 28.6. The predicted molar refractivity (Wildman–Crippen MR) is 159 cm³/mol. The van der Waals surface area contributed by atoms with E-state index in [1.54, 1.807) is 18.2 Å². The molecular formula is C31H38ClN3O5S. The molecule has 1 aliphatic carbocycles. The summed E-state index contributed by atoms with van der Waals surface area (Å²) in [4.78, 5) is 15.6. The van der Waals surface area contributed by atoms with Crippen molar-refractivity contribution in [1.29, 1.82) is 0 Å². The van der Waals surface area contributed by atoms with Gasteiger partial charge in [-0.25, -0.2) is 4.72 Å². The molecule has 1 amide bonds. The van der Waals surface area contributed by atoms with Gasteiger partial charge in [-0.2, -0.15) is 12.7 Å². The van der Waals surface area contributed by atoms with Gasteiger partial charge in [0.2, 0.25) is 0 Å². The van der Waals surface area contributed by atoms with Crippen LogP contribution in [0.4, 0.5) is 5.69 Å². The molecule has 1 saturated heterocycles. The fourth-order valence-electron chi connectivity index (χ4n) is 6.75. The maximum atomic E-state index is 13.4. The Hall–Kier alpha value is -2.59. The minimum Gasteiger partial charge on any atom is -0.487 e. The van der Waals surface area contributed by atoms with Crippen LogP contribution in [0.1, 0.15) is 66.4 Å². The predicted octanol–water partition coefficient (Wildman–Crippen LogP) is 4.85. The second-order valence-corrected chi connectivity index (χ2v) is 13.8. The number of nitrogens with one attached hydrogen (secondary N) is 1. The number of aliphatic hydroxyl groups excluding tert-OH is 1. The van der Waals surface area contributed by atoms with E-state index in [0.717, 1.165) is 69.3 Å². The molecule has 0 unspecified atom stereocenters. The lowest BCUT2D eigenvalue weighted by atomic mass is 9.70. The summed E-state index contributed by atoms with van der Waals surface area (Å²) < 4.78 is 36.7. The van der Waals surface area contributed by atoms with Crippen molar-refractivity contribution in [2.45, 2.75) is 70.1 Å². The van der Waals surface area contributed by atoms with Crippen LogP contribution >= 0.6 is 11.6 Å². The van der Waals surface area contributed by atoms with Crippen LogP contribution in [0.15, 0.2) is 48.6 Å². The molecule has 2 bridgehead atoms. The molecule has 10 heteroatoms. The van der Waals surface area contributed by atoms with E-state index in [4.69, 9.17) is 16.3 Å². The molecule has 1 saturated carbocycles. The van der Waals surface area contributed by atoms with Crippen LogP contribution in [0.25, 0.3) is 0 Å². The number of rotatable bonds is 0. The van der Waals surface area contributed by atoms with E-state index in [0.29, 0.717) is 36.3 Å². The Morgan fingerprint density at radius 1 is 1.00 bits per heavy atom. The molecule has 2 N–H and O–H groups in total. The highest BCUT2D eigenvalue weighted by atomic mass is 35.5. The highest BCUT2D eigenvalue weighted by Gasteiger charge is 2.38. The van der Waals surface area contributed by atoms with Gasteiger partial charge in [-0.3, -0.25) is 4.79 Å².